The zero-order chi connectivity index (χ0) is 21.3. The van der Waals surface area contributed by atoms with Gasteiger partial charge in [-0.2, -0.15) is 0 Å². The van der Waals surface area contributed by atoms with Crippen molar-refractivity contribution >= 4 is 26.7 Å². The highest BCUT2D eigenvalue weighted by atomic mass is 32.2. The van der Waals surface area contributed by atoms with Gasteiger partial charge >= 0.3 is 0 Å². The van der Waals surface area contributed by atoms with Gasteiger partial charge in [0.25, 0.3) is 5.91 Å². The van der Waals surface area contributed by atoms with Crippen LogP contribution in [-0.4, -0.2) is 19.3 Å². The number of nitrogens with zero attached hydrogens (tertiary/aromatic N) is 1. The summed E-state index contributed by atoms with van der Waals surface area (Å²) in [6, 6.07) is 11.1. The van der Waals surface area contributed by atoms with Crippen LogP contribution in [0.3, 0.4) is 0 Å². The lowest BCUT2D eigenvalue weighted by Gasteiger charge is -2.07. The van der Waals surface area contributed by atoms with Crippen LogP contribution in [0, 0.1) is 11.6 Å². The fraction of sp³-hybridized carbons (Fsp3) is 0.0476. The molecule has 1 N–H and O–H groups in total. The highest BCUT2D eigenvalue weighted by Gasteiger charge is 2.19. The van der Waals surface area contributed by atoms with Crippen molar-refractivity contribution in [1.82, 2.24) is 10.3 Å². The Bertz CT molecular complexity index is 1300. The largest absolute Gasteiger partial charge is 0.449 e. The van der Waals surface area contributed by atoms with Crippen molar-refractivity contribution in [2.45, 2.75) is 16.3 Å². The standard InChI is InChI=1S/C21H14F2N2O4S/c22-15-8-16(23)10-18(9-15)30(27,28)17-3-1-13(2-4-17)11-25-21(26)19-7-14-5-6-24-12-20(14)29-19/h1-10,12H,11H2,(H,25,26). The minimum absolute atomic E-state index is 0.118. The quantitative estimate of drug-likeness (QED) is 0.521. The van der Waals surface area contributed by atoms with Crippen molar-refractivity contribution in [2.75, 3.05) is 0 Å². The number of carbonyl (C=O) groups is 1. The molecule has 2 heterocycles. The second-order valence-electron chi connectivity index (χ2n) is 6.46. The van der Waals surface area contributed by atoms with Gasteiger partial charge in [-0.15, -0.1) is 0 Å². The molecule has 2 aromatic carbocycles. The molecule has 0 aliphatic carbocycles. The van der Waals surface area contributed by atoms with Crippen molar-refractivity contribution in [2.24, 2.45) is 0 Å². The maximum absolute atomic E-state index is 13.4. The van der Waals surface area contributed by atoms with Crippen LogP contribution < -0.4 is 5.32 Å². The summed E-state index contributed by atoms with van der Waals surface area (Å²) in [6.45, 7) is 0.128. The molecule has 2 aromatic heterocycles. The molecule has 9 heteroatoms. The number of amides is 1. The third-order valence-electron chi connectivity index (χ3n) is 4.38. The Labute approximate surface area is 170 Å². The maximum Gasteiger partial charge on any atom is 0.287 e. The number of pyridine rings is 1. The van der Waals surface area contributed by atoms with Gasteiger partial charge in [-0.25, -0.2) is 17.2 Å². The van der Waals surface area contributed by atoms with E-state index in [1.807, 2.05) is 0 Å². The zero-order valence-corrected chi connectivity index (χ0v) is 16.1. The first-order chi connectivity index (χ1) is 14.3. The van der Waals surface area contributed by atoms with E-state index in [9.17, 15) is 22.0 Å². The SMILES string of the molecule is O=C(NCc1ccc(S(=O)(=O)c2cc(F)cc(F)c2)cc1)c1cc2ccncc2o1. The van der Waals surface area contributed by atoms with Crippen LogP contribution in [0.1, 0.15) is 16.1 Å². The number of nitrogens with one attached hydrogen (secondary N) is 1. The molecular weight excluding hydrogens is 414 g/mol. The second-order valence-corrected chi connectivity index (χ2v) is 8.41. The smallest absolute Gasteiger partial charge is 0.287 e. The average Bonchev–Trinajstić information content (AvgIpc) is 3.16. The summed E-state index contributed by atoms with van der Waals surface area (Å²) < 4.78 is 57.3. The first-order valence-electron chi connectivity index (χ1n) is 8.75. The van der Waals surface area contributed by atoms with Gasteiger partial charge in [0.15, 0.2) is 11.3 Å². The molecule has 30 heavy (non-hydrogen) atoms. The summed E-state index contributed by atoms with van der Waals surface area (Å²) in [7, 11) is -4.08. The van der Waals surface area contributed by atoms with Gasteiger partial charge in [0, 0.05) is 24.2 Å². The number of sulfone groups is 1. The van der Waals surface area contributed by atoms with Gasteiger partial charge in [-0.05, 0) is 42.0 Å². The summed E-state index contributed by atoms with van der Waals surface area (Å²) in [4.78, 5) is 15.6. The van der Waals surface area contributed by atoms with Gasteiger partial charge in [-0.3, -0.25) is 9.78 Å². The molecule has 0 aliphatic rings. The van der Waals surface area contributed by atoms with E-state index < -0.39 is 32.3 Å². The Kier molecular flexibility index (Phi) is 5.04. The fourth-order valence-electron chi connectivity index (χ4n) is 2.87. The molecular formula is C21H14F2N2O4S. The lowest BCUT2D eigenvalue weighted by atomic mass is 10.2. The van der Waals surface area contributed by atoms with E-state index in [1.54, 1.807) is 18.3 Å². The van der Waals surface area contributed by atoms with Crippen molar-refractivity contribution < 1.29 is 26.4 Å². The number of fused-ring (bicyclic) bond motifs is 1. The molecule has 0 atom stereocenters. The van der Waals surface area contributed by atoms with Crippen LogP contribution in [0.2, 0.25) is 0 Å². The lowest BCUT2D eigenvalue weighted by molar-refractivity contribution is 0.0925. The molecule has 0 spiro atoms. The molecule has 152 valence electrons. The predicted molar refractivity (Wildman–Crippen MR) is 103 cm³/mol. The van der Waals surface area contributed by atoms with E-state index in [2.05, 4.69) is 10.3 Å². The average molecular weight is 428 g/mol. The molecule has 4 aromatic rings. The van der Waals surface area contributed by atoms with E-state index >= 15 is 0 Å². The Morgan fingerprint density at radius 1 is 0.967 bits per heavy atom. The van der Waals surface area contributed by atoms with Gasteiger partial charge in [-0.1, -0.05) is 12.1 Å². The lowest BCUT2D eigenvalue weighted by Crippen LogP contribution is -2.22. The van der Waals surface area contributed by atoms with E-state index in [4.69, 9.17) is 4.42 Å². The van der Waals surface area contributed by atoms with E-state index in [0.29, 0.717) is 17.2 Å². The van der Waals surface area contributed by atoms with Crippen LogP contribution in [0.15, 0.2) is 81.2 Å². The highest BCUT2D eigenvalue weighted by Crippen LogP contribution is 2.23. The summed E-state index contributed by atoms with van der Waals surface area (Å²) in [6.07, 6.45) is 3.10. The number of hydrogen-bond acceptors (Lipinski definition) is 5. The predicted octanol–water partition coefficient (Wildman–Crippen LogP) is 3.87. The number of carbonyl (C=O) groups excluding carboxylic acids is 1. The molecule has 4 rings (SSSR count). The van der Waals surface area contributed by atoms with Crippen LogP contribution >= 0.6 is 0 Å². The van der Waals surface area contributed by atoms with Crippen molar-refractivity contribution in [3.8, 4) is 0 Å². The van der Waals surface area contributed by atoms with Crippen LogP contribution in [0.5, 0.6) is 0 Å². The number of rotatable bonds is 5. The molecule has 0 saturated heterocycles. The Morgan fingerprint density at radius 3 is 2.33 bits per heavy atom. The topological polar surface area (TPSA) is 89.3 Å². The number of benzene rings is 2. The third-order valence-corrected chi connectivity index (χ3v) is 6.13. The Morgan fingerprint density at radius 2 is 1.67 bits per heavy atom. The van der Waals surface area contributed by atoms with E-state index in [-0.39, 0.29) is 17.2 Å². The van der Waals surface area contributed by atoms with E-state index in [1.165, 1.54) is 30.5 Å². The summed E-state index contributed by atoms with van der Waals surface area (Å²) in [5, 5.41) is 3.43. The van der Waals surface area contributed by atoms with Crippen molar-refractivity contribution in [3.63, 3.8) is 0 Å². The molecule has 0 fully saturated rings. The monoisotopic (exact) mass is 428 g/mol. The minimum atomic E-state index is -4.08. The second kappa shape index (κ2) is 7.68. The van der Waals surface area contributed by atoms with Crippen molar-refractivity contribution in [3.05, 3.63) is 89.9 Å². The van der Waals surface area contributed by atoms with Crippen LogP contribution in [0.25, 0.3) is 11.0 Å². The number of furan rings is 1. The Hall–Kier alpha value is -3.59. The molecule has 6 nitrogen and oxygen atoms in total. The summed E-state index contributed by atoms with van der Waals surface area (Å²) >= 11 is 0. The Balaban J connectivity index is 1.47. The molecule has 0 aliphatic heterocycles. The maximum atomic E-state index is 13.4. The normalized spacial score (nSPS) is 11.5. The highest BCUT2D eigenvalue weighted by molar-refractivity contribution is 7.91. The number of aromatic nitrogens is 1. The molecule has 0 unspecified atom stereocenters. The fourth-order valence-corrected chi connectivity index (χ4v) is 4.17. The van der Waals surface area contributed by atoms with Gasteiger partial charge in [0.05, 0.1) is 16.0 Å². The van der Waals surface area contributed by atoms with Gasteiger partial charge in [0.1, 0.15) is 11.6 Å². The number of halogens is 2. The van der Waals surface area contributed by atoms with E-state index in [0.717, 1.165) is 17.5 Å². The minimum Gasteiger partial charge on any atom is -0.449 e. The molecule has 0 bridgehead atoms. The summed E-state index contributed by atoms with van der Waals surface area (Å²) in [5.41, 5.74) is 1.12. The first-order valence-corrected chi connectivity index (χ1v) is 10.2. The van der Waals surface area contributed by atoms with Crippen LogP contribution in [0.4, 0.5) is 8.78 Å². The van der Waals surface area contributed by atoms with Crippen molar-refractivity contribution in [1.29, 1.82) is 0 Å². The van der Waals surface area contributed by atoms with Gasteiger partial charge < -0.3 is 9.73 Å². The first kappa shape index (κ1) is 19.7. The molecule has 0 radical (unpaired) electrons. The van der Waals surface area contributed by atoms with Gasteiger partial charge in [0.2, 0.25) is 9.84 Å². The molecule has 0 saturated carbocycles. The molecule has 1 amide bonds. The summed E-state index contributed by atoms with van der Waals surface area (Å²) in [5.74, 6) is -2.26. The number of hydrogen-bond donors (Lipinski definition) is 1. The third kappa shape index (κ3) is 3.92. The van der Waals surface area contributed by atoms with Crippen LogP contribution in [-0.2, 0) is 16.4 Å². The zero-order valence-electron chi connectivity index (χ0n) is 15.3.